The molecule has 0 fully saturated rings. The molecule has 2 aromatic rings. The summed E-state index contributed by atoms with van der Waals surface area (Å²) in [5.41, 5.74) is 2.00. The quantitative estimate of drug-likeness (QED) is 0.780. The van der Waals surface area contributed by atoms with E-state index in [2.05, 4.69) is 4.72 Å². The van der Waals surface area contributed by atoms with E-state index in [1.165, 1.54) is 0 Å². The maximum atomic E-state index is 12.6. The number of rotatable bonds is 8. The van der Waals surface area contributed by atoms with Gasteiger partial charge < -0.3 is 5.11 Å². The molecule has 1 atom stereocenters. The molecule has 0 bridgehead atoms. The normalized spacial score (nSPS) is 13.0. The van der Waals surface area contributed by atoms with Crippen LogP contribution in [0.25, 0.3) is 0 Å². The minimum Gasteiger partial charge on any atom is -0.396 e. The molecule has 0 spiro atoms. The Balaban J connectivity index is 2.22. The van der Waals surface area contributed by atoms with Gasteiger partial charge in [0.2, 0.25) is 10.0 Å². The lowest BCUT2D eigenvalue weighted by Gasteiger charge is -2.19. The number of sulfonamides is 1. The summed E-state index contributed by atoms with van der Waals surface area (Å²) in [5.74, 6) is 0. The largest absolute Gasteiger partial charge is 0.396 e. The average Bonchev–Trinajstić information content (AvgIpc) is 2.59. The number of hydrogen-bond acceptors (Lipinski definition) is 3. The van der Waals surface area contributed by atoms with Gasteiger partial charge in [0.05, 0.1) is 4.90 Å². The van der Waals surface area contributed by atoms with Crippen LogP contribution in [0.2, 0.25) is 0 Å². The second-order valence-electron chi connectivity index (χ2n) is 5.45. The van der Waals surface area contributed by atoms with Gasteiger partial charge in [-0.15, -0.1) is 0 Å². The van der Waals surface area contributed by atoms with E-state index in [1.54, 1.807) is 12.1 Å². The van der Waals surface area contributed by atoms with E-state index in [0.717, 1.165) is 17.5 Å². The van der Waals surface area contributed by atoms with Crippen molar-refractivity contribution in [3.63, 3.8) is 0 Å². The monoisotopic (exact) mass is 333 g/mol. The zero-order valence-electron chi connectivity index (χ0n) is 13.3. The highest BCUT2D eigenvalue weighted by molar-refractivity contribution is 7.89. The topological polar surface area (TPSA) is 66.4 Å². The lowest BCUT2D eigenvalue weighted by molar-refractivity contribution is 0.278. The molecule has 2 aromatic carbocycles. The molecule has 23 heavy (non-hydrogen) atoms. The Labute approximate surface area is 138 Å². The van der Waals surface area contributed by atoms with Crippen LogP contribution in [0.4, 0.5) is 0 Å². The van der Waals surface area contributed by atoms with Crippen LogP contribution in [-0.4, -0.2) is 20.1 Å². The molecule has 0 aliphatic rings. The van der Waals surface area contributed by atoms with Crippen LogP contribution in [0.3, 0.4) is 0 Å². The Morgan fingerprint density at radius 2 is 1.70 bits per heavy atom. The Kier molecular flexibility index (Phi) is 6.33. The number of benzene rings is 2. The first kappa shape index (κ1) is 17.7. The first-order chi connectivity index (χ1) is 11.1. The predicted octanol–water partition coefficient (Wildman–Crippen LogP) is 3.04. The molecule has 1 unspecified atom stereocenters. The van der Waals surface area contributed by atoms with Crippen LogP contribution in [0.5, 0.6) is 0 Å². The highest BCUT2D eigenvalue weighted by Gasteiger charge is 2.21. The molecule has 0 radical (unpaired) electrons. The van der Waals surface area contributed by atoms with E-state index in [4.69, 9.17) is 5.11 Å². The summed E-state index contributed by atoms with van der Waals surface area (Å²) in [6, 6.07) is 16.0. The summed E-state index contributed by atoms with van der Waals surface area (Å²) in [5, 5.41) is 9.06. The third-order valence-electron chi connectivity index (χ3n) is 3.79. The van der Waals surface area contributed by atoms with Crippen molar-refractivity contribution in [3.8, 4) is 0 Å². The van der Waals surface area contributed by atoms with Gasteiger partial charge in [-0.25, -0.2) is 13.1 Å². The van der Waals surface area contributed by atoms with Gasteiger partial charge in [0.1, 0.15) is 0 Å². The van der Waals surface area contributed by atoms with E-state index in [-0.39, 0.29) is 17.5 Å². The number of hydrogen-bond donors (Lipinski definition) is 2. The summed E-state index contributed by atoms with van der Waals surface area (Å²) < 4.78 is 28.0. The van der Waals surface area contributed by atoms with Gasteiger partial charge >= 0.3 is 0 Å². The van der Waals surface area contributed by atoms with E-state index < -0.39 is 10.0 Å². The smallest absolute Gasteiger partial charge is 0.241 e. The second-order valence-corrected chi connectivity index (χ2v) is 7.16. The average molecular weight is 333 g/mol. The first-order valence-electron chi connectivity index (χ1n) is 7.84. The van der Waals surface area contributed by atoms with Crippen molar-refractivity contribution in [2.45, 2.75) is 37.1 Å². The highest BCUT2D eigenvalue weighted by atomic mass is 32.2. The fourth-order valence-corrected chi connectivity index (χ4v) is 3.69. The molecule has 2 N–H and O–H groups in total. The number of aliphatic hydroxyl groups excluding tert-OH is 1. The Morgan fingerprint density at radius 1 is 1.04 bits per heavy atom. The molecule has 5 heteroatoms. The molecule has 0 amide bonds. The first-order valence-corrected chi connectivity index (χ1v) is 9.32. The van der Waals surface area contributed by atoms with Crippen molar-refractivity contribution in [3.05, 3.63) is 65.7 Å². The zero-order chi connectivity index (χ0) is 16.7. The summed E-state index contributed by atoms with van der Waals surface area (Å²) in [7, 11) is -3.59. The van der Waals surface area contributed by atoms with Crippen molar-refractivity contribution in [2.75, 3.05) is 6.61 Å². The van der Waals surface area contributed by atoms with Crippen LogP contribution >= 0.6 is 0 Å². The summed E-state index contributed by atoms with van der Waals surface area (Å²) >= 11 is 0. The van der Waals surface area contributed by atoms with Crippen molar-refractivity contribution in [1.29, 1.82) is 0 Å². The van der Waals surface area contributed by atoms with Crippen LogP contribution in [0.15, 0.2) is 59.5 Å². The van der Waals surface area contributed by atoms with E-state index in [9.17, 15) is 8.42 Å². The summed E-state index contributed by atoms with van der Waals surface area (Å²) in [4.78, 5) is 0.264. The third kappa shape index (κ3) is 4.89. The van der Waals surface area contributed by atoms with Crippen LogP contribution in [0.1, 0.15) is 36.9 Å². The minimum atomic E-state index is -3.59. The summed E-state index contributed by atoms with van der Waals surface area (Å²) in [6.45, 7) is 2.07. The van der Waals surface area contributed by atoms with Crippen LogP contribution in [0, 0.1) is 0 Å². The fraction of sp³-hybridized carbons (Fsp3) is 0.333. The summed E-state index contributed by atoms with van der Waals surface area (Å²) in [6.07, 6.45) is 1.96. The zero-order valence-corrected chi connectivity index (χ0v) is 14.1. The lowest BCUT2D eigenvalue weighted by atomic mass is 10.0. The standard InChI is InChI=1S/C18H23NO3S/c1-2-15-10-12-17(13-11-15)23(21,22)19-18(9-6-14-20)16-7-4-3-5-8-16/h3-5,7-8,10-13,18-20H,2,6,9,14H2,1H3. The van der Waals surface area contributed by atoms with E-state index >= 15 is 0 Å². The minimum absolute atomic E-state index is 0.0380. The van der Waals surface area contributed by atoms with E-state index in [0.29, 0.717) is 12.8 Å². The molecule has 0 aliphatic heterocycles. The molecule has 0 saturated carbocycles. The third-order valence-corrected chi connectivity index (χ3v) is 5.28. The molecular formula is C18H23NO3S. The van der Waals surface area contributed by atoms with Crippen LogP contribution in [-0.2, 0) is 16.4 Å². The van der Waals surface area contributed by atoms with Gasteiger partial charge in [0.25, 0.3) is 0 Å². The molecule has 0 heterocycles. The molecule has 4 nitrogen and oxygen atoms in total. The highest BCUT2D eigenvalue weighted by Crippen LogP contribution is 2.22. The molecule has 124 valence electrons. The second kappa shape index (κ2) is 8.24. The Bertz CT molecular complexity index is 697. The fourth-order valence-electron chi connectivity index (χ4n) is 2.43. The number of aliphatic hydroxyl groups is 1. The molecule has 0 aromatic heterocycles. The van der Waals surface area contributed by atoms with Crippen molar-refractivity contribution in [2.24, 2.45) is 0 Å². The molecule has 0 aliphatic carbocycles. The van der Waals surface area contributed by atoms with Gasteiger partial charge in [-0.1, -0.05) is 49.4 Å². The SMILES string of the molecule is CCc1ccc(S(=O)(=O)NC(CCCO)c2ccccc2)cc1. The molecule has 2 rings (SSSR count). The lowest BCUT2D eigenvalue weighted by Crippen LogP contribution is -2.29. The van der Waals surface area contributed by atoms with Crippen molar-refractivity contribution in [1.82, 2.24) is 4.72 Å². The van der Waals surface area contributed by atoms with Crippen LogP contribution < -0.4 is 4.72 Å². The maximum Gasteiger partial charge on any atom is 0.241 e. The predicted molar refractivity (Wildman–Crippen MR) is 91.6 cm³/mol. The molecule has 0 saturated heterocycles. The van der Waals surface area contributed by atoms with Gasteiger partial charge in [0.15, 0.2) is 0 Å². The maximum absolute atomic E-state index is 12.6. The molecular weight excluding hydrogens is 310 g/mol. The van der Waals surface area contributed by atoms with Gasteiger partial charge in [0, 0.05) is 12.6 Å². The Morgan fingerprint density at radius 3 is 2.26 bits per heavy atom. The van der Waals surface area contributed by atoms with E-state index in [1.807, 2.05) is 49.4 Å². The number of nitrogens with one attached hydrogen (secondary N) is 1. The Hall–Kier alpha value is -1.69. The number of aryl methyl sites for hydroxylation is 1. The van der Waals surface area contributed by atoms with Crippen molar-refractivity contribution >= 4 is 10.0 Å². The van der Waals surface area contributed by atoms with Gasteiger partial charge in [-0.3, -0.25) is 0 Å². The van der Waals surface area contributed by atoms with Crippen molar-refractivity contribution < 1.29 is 13.5 Å². The van der Waals surface area contributed by atoms with Gasteiger partial charge in [-0.2, -0.15) is 0 Å². The van der Waals surface area contributed by atoms with Gasteiger partial charge in [-0.05, 0) is 42.5 Å².